The van der Waals surface area contributed by atoms with Gasteiger partial charge in [0.2, 0.25) is 0 Å². The Balaban J connectivity index is 0.000000246. The number of esters is 1. The summed E-state index contributed by atoms with van der Waals surface area (Å²) in [5, 5.41) is 0. The van der Waals surface area contributed by atoms with Gasteiger partial charge in [-0.25, -0.2) is 21.6 Å². The largest absolute Gasteiger partial charge is 0.744 e. The first-order valence-corrected chi connectivity index (χ1v) is 36.8. The molecule has 0 aliphatic rings. The van der Waals surface area contributed by atoms with Crippen LogP contribution >= 0.6 is 0 Å². The van der Waals surface area contributed by atoms with Crippen LogP contribution in [0, 0.1) is 0 Å². The van der Waals surface area contributed by atoms with Crippen LogP contribution in [0.2, 0.25) is 0 Å². The van der Waals surface area contributed by atoms with Crippen LogP contribution in [-0.4, -0.2) is 97.6 Å². The molecule has 0 heterocycles. The van der Waals surface area contributed by atoms with E-state index in [1.807, 2.05) is 32.9 Å². The van der Waals surface area contributed by atoms with Gasteiger partial charge < -0.3 is 42.8 Å². The Morgan fingerprint density at radius 3 is 1.15 bits per heavy atom. The fourth-order valence-electron chi connectivity index (χ4n) is 9.30. The fourth-order valence-corrected chi connectivity index (χ4v) is 14.7. The molecule has 0 aliphatic carbocycles. The van der Waals surface area contributed by atoms with E-state index in [1.165, 1.54) is 91.1 Å². The number of hydrogen-bond acceptors (Lipinski definition) is 14. The van der Waals surface area contributed by atoms with E-state index in [4.69, 9.17) is 18.9 Å². The molecule has 0 atom stereocenters. The summed E-state index contributed by atoms with van der Waals surface area (Å²) in [7, 11) is 3.25. The van der Waals surface area contributed by atoms with E-state index in [9.17, 15) is 30.7 Å². The van der Waals surface area contributed by atoms with Gasteiger partial charge in [0.15, 0.2) is 36.0 Å². The molecule has 0 aliphatic heterocycles. The Hall–Kier alpha value is -7.45. The Morgan fingerprint density at radius 1 is 0.415 bits per heavy atom. The van der Waals surface area contributed by atoms with Crippen molar-refractivity contribution in [3.63, 3.8) is 0 Å². The van der Waals surface area contributed by atoms with Crippen molar-refractivity contribution in [3.8, 4) is 17.2 Å². The smallest absolute Gasteiger partial charge is 0.344 e. The predicted molar refractivity (Wildman–Crippen MR) is 384 cm³/mol. The summed E-state index contributed by atoms with van der Waals surface area (Å²) in [6.45, 7) is 20.0. The topological polar surface area (TPSA) is 178 Å². The van der Waals surface area contributed by atoms with Crippen LogP contribution in [0.3, 0.4) is 0 Å². The van der Waals surface area contributed by atoms with Gasteiger partial charge in [-0.1, -0.05) is 93.6 Å². The van der Waals surface area contributed by atoms with Crippen LogP contribution in [0.15, 0.2) is 239 Å². The number of nitrogens with zero attached hydrogens (tertiary/aromatic N) is 3. The standard InChI is InChI=1S/C28H35N2O3S.C28H36NO2S.C14H22O3S.C6H6O3S/c1-28(2,3)33-27(31)20-32-23-14-16-24(17-15-23)34(25-12-8-10-21(18-25)29(4)5)26-13-9-11-22(19-26)30(6)7;1-27(2,3)30-22-12-16-24(17-13-22)32(26-11-9-10-21(20-26)29(7)8)25-18-14-23(15-19-25)31-28(4,5)6;1-2-3-4-5-6-7-10-13-11-8-9-12-14(13)18(15,16)17;7-10(8,9)6-4-2-1-3-5-6/h8-19H,20H2,1-7H3;9-20H,1-8H3;8-9,11-12H,2-7,10H2,1H3,(H,15,16,17);1-5H,(H,7,8,9)/q2*+1;;/p-2. The predicted octanol–water partition coefficient (Wildman–Crippen LogP) is 16.9. The SMILES string of the molecule is CCCCCCCCc1ccccc1S(=O)(=O)[O-].CN(C)c1cccc([S+](c2ccc(OC(C)(C)C)cc2)c2ccc(OC(C)(C)C)cc2)c1.CN(C)c1cccc([S+](c2ccc(OCC(=O)OC(C)(C)C)cc2)c2cccc(N(C)C)c2)c1.O=S(=O)([O-])c1ccccc1. The lowest BCUT2D eigenvalue weighted by atomic mass is 10.1. The number of hydrogen-bond donors (Lipinski definition) is 0. The van der Waals surface area contributed by atoms with Crippen LogP contribution in [0.1, 0.15) is 113 Å². The zero-order chi connectivity index (χ0) is 69.4. The van der Waals surface area contributed by atoms with Gasteiger partial charge in [-0.15, -0.1) is 0 Å². The first-order valence-electron chi connectivity index (χ1n) is 31.5. The molecule has 8 rings (SSSR count). The van der Waals surface area contributed by atoms with Crippen molar-refractivity contribution in [2.24, 2.45) is 0 Å². The van der Waals surface area contributed by atoms with Crippen molar-refractivity contribution in [1.29, 1.82) is 0 Å². The van der Waals surface area contributed by atoms with Crippen molar-refractivity contribution in [1.82, 2.24) is 0 Å². The number of unbranched alkanes of at least 4 members (excludes halogenated alkanes) is 5. The van der Waals surface area contributed by atoms with E-state index in [1.54, 1.807) is 24.3 Å². The lowest BCUT2D eigenvalue weighted by Crippen LogP contribution is -2.27. The van der Waals surface area contributed by atoms with Crippen LogP contribution in [0.25, 0.3) is 0 Å². The van der Waals surface area contributed by atoms with E-state index in [-0.39, 0.29) is 55.4 Å². The molecular weight excluding hydrogens is 1260 g/mol. The van der Waals surface area contributed by atoms with Crippen molar-refractivity contribution in [2.75, 3.05) is 63.6 Å². The first-order chi connectivity index (χ1) is 44.1. The fraction of sp³-hybridized carbons (Fsp3) is 0.355. The number of aryl methyl sites for hydroxylation is 1. The van der Waals surface area contributed by atoms with Gasteiger partial charge in [0.05, 0.1) is 31.6 Å². The number of benzene rings is 8. The summed E-state index contributed by atoms with van der Waals surface area (Å²) >= 11 is 0. The summed E-state index contributed by atoms with van der Waals surface area (Å²) < 4.78 is 87.1. The third kappa shape index (κ3) is 27.1. The van der Waals surface area contributed by atoms with Gasteiger partial charge in [0, 0.05) is 77.5 Å². The van der Waals surface area contributed by atoms with Crippen molar-refractivity contribution < 1.29 is 49.7 Å². The zero-order valence-electron chi connectivity index (χ0n) is 57.7. The summed E-state index contributed by atoms with van der Waals surface area (Å²) in [6.07, 6.45) is 7.59. The lowest BCUT2D eigenvalue weighted by Gasteiger charge is -2.21. The van der Waals surface area contributed by atoms with E-state index in [2.05, 4.69) is 239 Å². The molecule has 18 heteroatoms. The number of carbonyl (C=O) groups is 1. The van der Waals surface area contributed by atoms with Crippen molar-refractivity contribution >= 4 is 65.1 Å². The molecule has 0 saturated heterocycles. The highest BCUT2D eigenvalue weighted by molar-refractivity contribution is 7.97. The second-order valence-electron chi connectivity index (χ2n) is 25.9. The van der Waals surface area contributed by atoms with Gasteiger partial charge >= 0.3 is 5.97 Å². The minimum Gasteiger partial charge on any atom is -0.744 e. The molecule has 506 valence electrons. The molecular formula is C76H97N3O11S4. The monoisotopic (exact) mass is 1360 g/mol. The minimum atomic E-state index is -4.33. The summed E-state index contributed by atoms with van der Waals surface area (Å²) in [4.78, 5) is 25.6. The molecule has 0 bridgehead atoms. The summed E-state index contributed by atoms with van der Waals surface area (Å²) in [5.41, 5.74) is 3.22. The Morgan fingerprint density at radius 2 is 0.787 bits per heavy atom. The molecule has 14 nitrogen and oxygen atoms in total. The van der Waals surface area contributed by atoms with Gasteiger partial charge in [-0.3, -0.25) is 0 Å². The molecule has 0 amide bonds. The highest BCUT2D eigenvalue weighted by Crippen LogP contribution is 2.37. The Labute approximate surface area is 567 Å². The number of rotatable bonds is 23. The van der Waals surface area contributed by atoms with E-state index >= 15 is 0 Å². The minimum absolute atomic E-state index is 0.0569. The summed E-state index contributed by atoms with van der Waals surface area (Å²) in [5.74, 6) is 2.04. The Bertz CT molecular complexity index is 3720. The maximum atomic E-state index is 12.0. The second kappa shape index (κ2) is 35.9. The molecule has 8 aromatic carbocycles. The van der Waals surface area contributed by atoms with Gasteiger partial charge in [-0.05, 0) is 208 Å². The van der Waals surface area contributed by atoms with E-state index in [0.717, 1.165) is 35.7 Å². The Kier molecular flexibility index (Phi) is 29.5. The second-order valence-corrected chi connectivity index (χ2v) is 32.6. The quantitative estimate of drug-likeness (QED) is 0.0256. The highest BCUT2D eigenvalue weighted by atomic mass is 32.2. The summed E-state index contributed by atoms with van der Waals surface area (Å²) in [6, 6.07) is 64.9. The molecule has 0 aromatic heterocycles. The molecule has 0 radical (unpaired) electrons. The maximum Gasteiger partial charge on any atom is 0.344 e. The van der Waals surface area contributed by atoms with E-state index < -0.39 is 25.8 Å². The van der Waals surface area contributed by atoms with Crippen molar-refractivity contribution in [3.05, 3.63) is 206 Å². The molecule has 8 aromatic rings. The van der Waals surface area contributed by atoms with Gasteiger partial charge in [-0.2, -0.15) is 0 Å². The third-order valence-electron chi connectivity index (χ3n) is 13.6. The number of ether oxygens (including phenoxy) is 4. The van der Waals surface area contributed by atoms with E-state index in [0.29, 0.717) is 17.7 Å². The zero-order valence-corrected chi connectivity index (χ0v) is 60.9. The van der Waals surface area contributed by atoms with Gasteiger partial charge in [0.25, 0.3) is 0 Å². The average molecular weight is 1360 g/mol. The molecule has 0 spiro atoms. The normalized spacial score (nSPS) is 11.6. The molecule has 94 heavy (non-hydrogen) atoms. The van der Waals surface area contributed by atoms with Crippen molar-refractivity contribution in [2.45, 2.75) is 170 Å². The molecule has 0 unspecified atom stereocenters. The van der Waals surface area contributed by atoms with Gasteiger partial charge in [0.1, 0.15) is 54.3 Å². The highest BCUT2D eigenvalue weighted by Gasteiger charge is 2.32. The molecule has 0 fully saturated rings. The number of anilines is 3. The number of carbonyl (C=O) groups excluding carboxylic acids is 1. The third-order valence-corrected chi connectivity index (χ3v) is 19.8. The average Bonchev–Trinajstić information content (AvgIpc) is 0.810. The lowest BCUT2D eigenvalue weighted by molar-refractivity contribution is -0.157. The van der Waals surface area contributed by atoms with Crippen LogP contribution in [0.4, 0.5) is 17.1 Å². The van der Waals surface area contributed by atoms with Crippen LogP contribution in [-0.2, 0) is 58.0 Å². The van der Waals surface area contributed by atoms with Crippen LogP contribution < -0.4 is 28.9 Å². The molecule has 0 saturated carbocycles. The van der Waals surface area contributed by atoms with Crippen LogP contribution in [0.5, 0.6) is 17.2 Å². The molecule has 0 N–H and O–H groups in total. The maximum absolute atomic E-state index is 12.0. The first kappa shape index (κ1) is 77.3.